The van der Waals surface area contributed by atoms with Gasteiger partial charge in [-0.3, -0.25) is 25.8 Å². The van der Waals surface area contributed by atoms with Crippen molar-refractivity contribution < 1.29 is 14.5 Å². The smallest absolute Gasteiger partial charge is 0.310 e. The van der Waals surface area contributed by atoms with E-state index in [4.69, 9.17) is 4.74 Å². The van der Waals surface area contributed by atoms with E-state index in [2.05, 4.69) is 17.4 Å². The molecule has 0 saturated carbocycles. The molecule has 2 N–H and O–H groups in total. The second kappa shape index (κ2) is 8.01. The average molecular weight is 363 g/mol. The highest BCUT2D eigenvalue weighted by Gasteiger charge is 2.14. The van der Waals surface area contributed by atoms with Gasteiger partial charge in [0.25, 0.3) is 5.91 Å². The zero-order chi connectivity index (χ0) is 19.2. The van der Waals surface area contributed by atoms with Gasteiger partial charge in [0.15, 0.2) is 12.4 Å². The molecule has 136 valence electrons. The van der Waals surface area contributed by atoms with Crippen LogP contribution in [0.25, 0.3) is 16.5 Å². The number of carbonyl (C=O) groups is 1. The number of hydrogen-bond acceptors (Lipinski definition) is 5. The highest BCUT2D eigenvalue weighted by Crippen LogP contribution is 2.25. The summed E-state index contributed by atoms with van der Waals surface area (Å²) in [6.45, 7) is 3.53. The van der Waals surface area contributed by atoms with E-state index in [1.165, 1.54) is 18.2 Å². The summed E-state index contributed by atoms with van der Waals surface area (Å²) >= 11 is 0. The van der Waals surface area contributed by atoms with E-state index in [0.717, 1.165) is 16.3 Å². The van der Waals surface area contributed by atoms with E-state index in [1.54, 1.807) is 6.07 Å². The molecule has 0 atom stereocenters. The molecule has 0 aliphatic rings. The van der Waals surface area contributed by atoms with Crippen molar-refractivity contribution >= 4 is 28.1 Å². The van der Waals surface area contributed by atoms with E-state index in [1.807, 2.05) is 42.5 Å². The summed E-state index contributed by atoms with van der Waals surface area (Å²) in [4.78, 5) is 22.3. The largest absolute Gasteiger partial charge is 0.477 e. The normalized spacial score (nSPS) is 10.2. The first kappa shape index (κ1) is 17.9. The molecule has 7 nitrogen and oxygen atoms in total. The molecule has 0 radical (unpaired) electrons. The number of benzene rings is 3. The minimum absolute atomic E-state index is 0.0333. The summed E-state index contributed by atoms with van der Waals surface area (Å²) in [6, 6.07) is 19.6. The standard InChI is InChI=1S/C20H17N3O4/c1-14(16-11-10-15-6-2-3-7-17(15)12-16)21-22-20(24)13-27-19-9-5-4-8-18(19)23(25)26/h2-12,21H,1,13H2,(H,22,24). The van der Waals surface area contributed by atoms with Gasteiger partial charge >= 0.3 is 5.69 Å². The van der Waals surface area contributed by atoms with Crippen LogP contribution in [0.5, 0.6) is 5.75 Å². The molecular weight excluding hydrogens is 346 g/mol. The predicted molar refractivity (Wildman–Crippen MR) is 103 cm³/mol. The molecule has 0 unspecified atom stereocenters. The summed E-state index contributed by atoms with van der Waals surface area (Å²) in [5.74, 6) is -0.457. The molecule has 0 spiro atoms. The lowest BCUT2D eigenvalue weighted by molar-refractivity contribution is -0.385. The Balaban J connectivity index is 1.55. The number of para-hydroxylation sites is 2. The van der Waals surface area contributed by atoms with E-state index < -0.39 is 10.8 Å². The van der Waals surface area contributed by atoms with Crippen molar-refractivity contribution in [2.24, 2.45) is 0 Å². The fraction of sp³-hybridized carbons (Fsp3) is 0.0500. The Morgan fingerprint density at radius 1 is 1.00 bits per heavy atom. The molecule has 27 heavy (non-hydrogen) atoms. The Labute approximate surface area is 155 Å². The summed E-state index contributed by atoms with van der Waals surface area (Å²) in [5.41, 5.74) is 6.34. The monoisotopic (exact) mass is 363 g/mol. The molecule has 3 rings (SSSR count). The zero-order valence-corrected chi connectivity index (χ0v) is 14.3. The summed E-state index contributed by atoms with van der Waals surface area (Å²) in [7, 11) is 0. The van der Waals surface area contributed by atoms with Gasteiger partial charge in [0.05, 0.1) is 10.6 Å². The van der Waals surface area contributed by atoms with E-state index >= 15 is 0 Å². The maximum absolute atomic E-state index is 11.9. The van der Waals surface area contributed by atoms with Crippen LogP contribution in [0.15, 0.2) is 73.3 Å². The summed E-state index contributed by atoms with van der Waals surface area (Å²) < 4.78 is 5.23. The van der Waals surface area contributed by atoms with Gasteiger partial charge in [-0.15, -0.1) is 0 Å². The third-order valence-electron chi connectivity index (χ3n) is 3.87. The fourth-order valence-electron chi connectivity index (χ4n) is 2.50. The summed E-state index contributed by atoms with van der Waals surface area (Å²) in [6.07, 6.45) is 0. The molecule has 0 aliphatic carbocycles. The van der Waals surface area contributed by atoms with Crippen molar-refractivity contribution in [3.8, 4) is 5.75 Å². The number of hydrazine groups is 1. The molecule has 0 aliphatic heterocycles. The minimum atomic E-state index is -0.562. The molecule has 0 heterocycles. The average Bonchev–Trinajstić information content (AvgIpc) is 2.70. The highest BCUT2D eigenvalue weighted by molar-refractivity contribution is 5.86. The molecule has 0 aromatic heterocycles. The van der Waals surface area contributed by atoms with Crippen LogP contribution in [0.3, 0.4) is 0 Å². The topological polar surface area (TPSA) is 93.5 Å². The van der Waals surface area contributed by atoms with Gasteiger partial charge in [0.1, 0.15) is 0 Å². The van der Waals surface area contributed by atoms with E-state index in [0.29, 0.717) is 5.70 Å². The lowest BCUT2D eigenvalue weighted by Gasteiger charge is -2.12. The van der Waals surface area contributed by atoms with Crippen LogP contribution in [-0.4, -0.2) is 17.4 Å². The van der Waals surface area contributed by atoms with Crippen molar-refractivity contribution in [2.45, 2.75) is 0 Å². The van der Waals surface area contributed by atoms with Crippen LogP contribution in [0.1, 0.15) is 5.56 Å². The fourth-order valence-corrected chi connectivity index (χ4v) is 2.50. The Bertz CT molecular complexity index is 1020. The first-order valence-corrected chi connectivity index (χ1v) is 8.14. The lowest BCUT2D eigenvalue weighted by atomic mass is 10.1. The van der Waals surface area contributed by atoms with Crippen molar-refractivity contribution in [2.75, 3.05) is 6.61 Å². The predicted octanol–water partition coefficient (Wildman–Crippen LogP) is 3.42. The van der Waals surface area contributed by atoms with Crippen molar-refractivity contribution in [3.63, 3.8) is 0 Å². The molecule has 1 amide bonds. The van der Waals surface area contributed by atoms with Gasteiger partial charge < -0.3 is 4.74 Å². The Morgan fingerprint density at radius 2 is 1.70 bits per heavy atom. The lowest BCUT2D eigenvalue weighted by Crippen LogP contribution is -2.39. The number of fused-ring (bicyclic) bond motifs is 1. The van der Waals surface area contributed by atoms with Crippen LogP contribution in [0.2, 0.25) is 0 Å². The van der Waals surface area contributed by atoms with Crippen LogP contribution in [0, 0.1) is 10.1 Å². The Hall–Kier alpha value is -3.87. The number of nitro benzene ring substituents is 1. The van der Waals surface area contributed by atoms with E-state index in [-0.39, 0.29) is 18.0 Å². The second-order valence-electron chi connectivity index (χ2n) is 5.73. The molecule has 0 fully saturated rings. The first-order valence-electron chi connectivity index (χ1n) is 8.14. The second-order valence-corrected chi connectivity index (χ2v) is 5.73. The maximum atomic E-state index is 11.9. The van der Waals surface area contributed by atoms with Crippen molar-refractivity contribution in [3.05, 3.63) is 89.0 Å². The van der Waals surface area contributed by atoms with Crippen molar-refractivity contribution in [1.29, 1.82) is 0 Å². The van der Waals surface area contributed by atoms with E-state index in [9.17, 15) is 14.9 Å². The molecule has 3 aromatic carbocycles. The molecule has 3 aromatic rings. The SMILES string of the molecule is C=C(NNC(=O)COc1ccccc1[N+](=O)[O-])c1ccc2ccccc2c1. The van der Waals surface area contributed by atoms with Gasteiger partial charge in [-0.25, -0.2) is 0 Å². The van der Waals surface area contributed by atoms with Gasteiger partial charge in [-0.2, -0.15) is 0 Å². The van der Waals surface area contributed by atoms with Gasteiger partial charge in [0, 0.05) is 6.07 Å². The zero-order valence-electron chi connectivity index (χ0n) is 14.3. The van der Waals surface area contributed by atoms with Crippen LogP contribution in [-0.2, 0) is 4.79 Å². The quantitative estimate of drug-likeness (QED) is 0.496. The number of amides is 1. The number of nitrogens with zero attached hydrogens (tertiary/aromatic N) is 1. The number of ether oxygens (including phenoxy) is 1. The van der Waals surface area contributed by atoms with Gasteiger partial charge in [0.2, 0.25) is 0 Å². The molecule has 0 bridgehead atoms. The number of hydrogen-bond donors (Lipinski definition) is 2. The van der Waals surface area contributed by atoms with Gasteiger partial charge in [-0.1, -0.05) is 55.1 Å². The van der Waals surface area contributed by atoms with Crippen LogP contribution < -0.4 is 15.6 Å². The van der Waals surface area contributed by atoms with Crippen molar-refractivity contribution in [1.82, 2.24) is 10.9 Å². The minimum Gasteiger partial charge on any atom is -0.477 e. The maximum Gasteiger partial charge on any atom is 0.310 e. The highest BCUT2D eigenvalue weighted by atomic mass is 16.6. The molecule has 7 heteroatoms. The van der Waals surface area contributed by atoms with Gasteiger partial charge in [-0.05, 0) is 28.5 Å². The van der Waals surface area contributed by atoms with Crippen LogP contribution in [0.4, 0.5) is 5.69 Å². The number of nitro groups is 1. The third-order valence-corrected chi connectivity index (χ3v) is 3.87. The van der Waals surface area contributed by atoms with Crippen LogP contribution >= 0.6 is 0 Å². The number of carbonyl (C=O) groups excluding carboxylic acids is 1. The first-order chi connectivity index (χ1) is 13.0. The molecule has 0 saturated heterocycles. The summed E-state index contributed by atoms with van der Waals surface area (Å²) in [5, 5.41) is 13.1. The Kier molecular flexibility index (Phi) is 5.32. The number of rotatable bonds is 7. The number of nitrogens with one attached hydrogen (secondary N) is 2. The molecular formula is C20H17N3O4. The Morgan fingerprint density at radius 3 is 2.48 bits per heavy atom. The third kappa shape index (κ3) is 4.40.